The first-order valence-corrected chi connectivity index (χ1v) is 8.45. The summed E-state index contributed by atoms with van der Waals surface area (Å²) in [6.45, 7) is 6.39. The predicted octanol–water partition coefficient (Wildman–Crippen LogP) is 4.63. The molecule has 1 atom stereocenters. The Morgan fingerprint density at radius 1 is 0.913 bits per heavy atom. The lowest BCUT2D eigenvalue weighted by Crippen LogP contribution is -2.20. The lowest BCUT2D eigenvalue weighted by Gasteiger charge is -2.19. The van der Waals surface area contributed by atoms with Crippen LogP contribution in [0.5, 0.6) is 0 Å². The van der Waals surface area contributed by atoms with Crippen LogP contribution in [-0.4, -0.2) is 25.2 Å². The van der Waals surface area contributed by atoms with E-state index in [-0.39, 0.29) is 17.2 Å². The van der Waals surface area contributed by atoms with E-state index in [2.05, 4.69) is 13.8 Å². The molecule has 23 heavy (non-hydrogen) atoms. The van der Waals surface area contributed by atoms with Crippen LogP contribution in [0.3, 0.4) is 0 Å². The highest BCUT2D eigenvalue weighted by Gasteiger charge is 2.21. The van der Waals surface area contributed by atoms with E-state index < -0.39 is 11.9 Å². The van der Waals surface area contributed by atoms with Crippen LogP contribution in [0.2, 0.25) is 0 Å². The third-order valence-electron chi connectivity index (χ3n) is 4.33. The van der Waals surface area contributed by atoms with Crippen LogP contribution in [0.25, 0.3) is 0 Å². The summed E-state index contributed by atoms with van der Waals surface area (Å²) in [6.07, 6.45) is 4.85. The fraction of sp³-hybridized carbons (Fsp3) is 0.579. The molecule has 4 nitrogen and oxygen atoms in total. The van der Waals surface area contributed by atoms with E-state index >= 15 is 0 Å². The largest absolute Gasteiger partial charge is 0.465 e. The summed E-state index contributed by atoms with van der Waals surface area (Å²) < 4.78 is 10.3. The Morgan fingerprint density at radius 2 is 1.48 bits per heavy atom. The van der Waals surface area contributed by atoms with Crippen molar-refractivity contribution in [3.63, 3.8) is 0 Å². The monoisotopic (exact) mass is 320 g/mol. The van der Waals surface area contributed by atoms with E-state index in [4.69, 9.17) is 9.47 Å². The molecule has 0 aliphatic rings. The van der Waals surface area contributed by atoms with Crippen molar-refractivity contribution in [1.29, 1.82) is 0 Å². The van der Waals surface area contributed by atoms with Gasteiger partial charge in [-0.3, -0.25) is 0 Å². The van der Waals surface area contributed by atoms with Gasteiger partial charge in [-0.2, -0.15) is 0 Å². The molecule has 0 radical (unpaired) electrons. The molecule has 1 aromatic rings. The SMILES string of the molecule is CCC(CC)CCC(CC)OC(=O)c1ccccc1C(=O)OC. The normalized spacial score (nSPS) is 12.0. The maximum Gasteiger partial charge on any atom is 0.339 e. The molecule has 0 heterocycles. The van der Waals surface area contributed by atoms with Crippen LogP contribution < -0.4 is 0 Å². The lowest BCUT2D eigenvalue weighted by molar-refractivity contribution is 0.0250. The van der Waals surface area contributed by atoms with Gasteiger partial charge in [-0.15, -0.1) is 0 Å². The maximum absolute atomic E-state index is 12.4. The summed E-state index contributed by atoms with van der Waals surface area (Å²) in [4.78, 5) is 24.2. The molecular weight excluding hydrogens is 292 g/mol. The number of ether oxygens (including phenoxy) is 2. The van der Waals surface area contributed by atoms with Gasteiger partial charge in [-0.1, -0.05) is 45.7 Å². The van der Waals surface area contributed by atoms with Gasteiger partial charge in [0.2, 0.25) is 0 Å². The minimum absolute atomic E-state index is 0.117. The van der Waals surface area contributed by atoms with Gasteiger partial charge < -0.3 is 9.47 Å². The quantitative estimate of drug-likeness (QED) is 0.623. The zero-order valence-electron chi connectivity index (χ0n) is 14.6. The number of benzene rings is 1. The Balaban J connectivity index is 2.75. The zero-order chi connectivity index (χ0) is 17.2. The first-order chi connectivity index (χ1) is 11.1. The average Bonchev–Trinajstić information content (AvgIpc) is 2.60. The number of esters is 2. The molecule has 0 amide bonds. The highest BCUT2D eigenvalue weighted by molar-refractivity contribution is 6.03. The minimum atomic E-state index is -0.525. The van der Waals surface area contributed by atoms with Crippen molar-refractivity contribution in [1.82, 2.24) is 0 Å². The Labute approximate surface area is 139 Å². The van der Waals surface area contributed by atoms with Gasteiger partial charge in [-0.05, 0) is 37.3 Å². The molecule has 128 valence electrons. The Morgan fingerprint density at radius 3 is 1.96 bits per heavy atom. The second-order valence-corrected chi connectivity index (χ2v) is 5.73. The Hall–Kier alpha value is -1.84. The van der Waals surface area contributed by atoms with Crippen LogP contribution in [0, 0.1) is 5.92 Å². The van der Waals surface area contributed by atoms with Crippen molar-refractivity contribution in [2.45, 2.75) is 59.0 Å². The molecule has 0 saturated carbocycles. The molecule has 0 bridgehead atoms. The number of rotatable bonds is 9. The van der Waals surface area contributed by atoms with Crippen LogP contribution >= 0.6 is 0 Å². The van der Waals surface area contributed by atoms with Crippen LogP contribution in [-0.2, 0) is 9.47 Å². The van der Waals surface area contributed by atoms with E-state index in [1.165, 1.54) is 7.11 Å². The predicted molar refractivity (Wildman–Crippen MR) is 90.6 cm³/mol. The van der Waals surface area contributed by atoms with Crippen LogP contribution in [0.1, 0.15) is 73.6 Å². The fourth-order valence-electron chi connectivity index (χ4n) is 2.63. The van der Waals surface area contributed by atoms with Gasteiger partial charge >= 0.3 is 11.9 Å². The fourth-order valence-corrected chi connectivity index (χ4v) is 2.63. The van der Waals surface area contributed by atoms with Gasteiger partial charge in [0.25, 0.3) is 0 Å². The smallest absolute Gasteiger partial charge is 0.339 e. The molecular formula is C19H28O4. The van der Waals surface area contributed by atoms with E-state index in [1.54, 1.807) is 24.3 Å². The van der Waals surface area contributed by atoms with Gasteiger partial charge in [0.05, 0.1) is 18.2 Å². The molecule has 0 fully saturated rings. The number of hydrogen-bond acceptors (Lipinski definition) is 4. The van der Waals surface area contributed by atoms with E-state index in [9.17, 15) is 9.59 Å². The Kier molecular flexibility index (Phi) is 8.38. The zero-order valence-corrected chi connectivity index (χ0v) is 14.6. The van der Waals surface area contributed by atoms with E-state index in [0.29, 0.717) is 5.92 Å². The average molecular weight is 320 g/mol. The van der Waals surface area contributed by atoms with E-state index in [1.807, 2.05) is 6.92 Å². The van der Waals surface area contributed by atoms with Crippen molar-refractivity contribution in [2.24, 2.45) is 5.92 Å². The van der Waals surface area contributed by atoms with Crippen molar-refractivity contribution in [3.05, 3.63) is 35.4 Å². The molecule has 1 aromatic carbocycles. The van der Waals surface area contributed by atoms with Crippen LogP contribution in [0.4, 0.5) is 0 Å². The van der Waals surface area contributed by atoms with Crippen LogP contribution in [0.15, 0.2) is 24.3 Å². The molecule has 0 aliphatic heterocycles. The second kappa shape index (κ2) is 10.0. The molecule has 1 unspecified atom stereocenters. The minimum Gasteiger partial charge on any atom is -0.465 e. The first kappa shape index (κ1) is 19.2. The molecule has 0 saturated heterocycles. The highest BCUT2D eigenvalue weighted by Crippen LogP contribution is 2.20. The number of methoxy groups -OCH3 is 1. The third-order valence-corrected chi connectivity index (χ3v) is 4.33. The van der Waals surface area contributed by atoms with Crippen molar-refractivity contribution in [2.75, 3.05) is 7.11 Å². The summed E-state index contributed by atoms with van der Waals surface area (Å²) in [5.74, 6) is -0.310. The lowest BCUT2D eigenvalue weighted by atomic mass is 9.95. The summed E-state index contributed by atoms with van der Waals surface area (Å²) >= 11 is 0. The van der Waals surface area contributed by atoms with Gasteiger partial charge in [0.1, 0.15) is 6.10 Å². The van der Waals surface area contributed by atoms with Crippen molar-refractivity contribution < 1.29 is 19.1 Å². The summed E-state index contributed by atoms with van der Waals surface area (Å²) in [6, 6.07) is 6.59. The number of carbonyl (C=O) groups is 2. The molecule has 0 N–H and O–H groups in total. The molecule has 4 heteroatoms. The molecule has 0 aliphatic carbocycles. The van der Waals surface area contributed by atoms with Crippen molar-refractivity contribution >= 4 is 11.9 Å². The third kappa shape index (κ3) is 5.70. The molecule has 0 aromatic heterocycles. The van der Waals surface area contributed by atoms with Gasteiger partial charge in [0.15, 0.2) is 0 Å². The topological polar surface area (TPSA) is 52.6 Å². The standard InChI is InChI=1S/C19H28O4/c1-5-14(6-2)12-13-15(7-3)23-19(21)17-11-9-8-10-16(17)18(20)22-4/h8-11,14-15H,5-7,12-13H2,1-4H3. The summed E-state index contributed by atoms with van der Waals surface area (Å²) in [7, 11) is 1.30. The highest BCUT2D eigenvalue weighted by atomic mass is 16.5. The summed E-state index contributed by atoms with van der Waals surface area (Å²) in [5.41, 5.74) is 0.509. The van der Waals surface area contributed by atoms with Crippen molar-refractivity contribution in [3.8, 4) is 0 Å². The Bertz CT molecular complexity index is 506. The maximum atomic E-state index is 12.4. The summed E-state index contributed by atoms with van der Waals surface area (Å²) in [5, 5.41) is 0. The number of carbonyl (C=O) groups excluding carboxylic acids is 2. The second-order valence-electron chi connectivity index (χ2n) is 5.73. The molecule has 0 spiro atoms. The first-order valence-electron chi connectivity index (χ1n) is 8.45. The molecule has 1 rings (SSSR count). The number of hydrogen-bond donors (Lipinski definition) is 0. The van der Waals surface area contributed by atoms with Gasteiger partial charge in [-0.25, -0.2) is 9.59 Å². The van der Waals surface area contributed by atoms with Gasteiger partial charge in [0, 0.05) is 0 Å². The van der Waals surface area contributed by atoms with E-state index in [0.717, 1.165) is 32.1 Å².